The van der Waals surface area contributed by atoms with Crippen LogP contribution in [0.3, 0.4) is 0 Å². The molecule has 0 N–H and O–H groups in total. The third kappa shape index (κ3) is 4.16. The zero-order valence-electron chi connectivity index (χ0n) is 6.98. The van der Waals surface area contributed by atoms with Crippen LogP contribution in [0.5, 0.6) is 0 Å². The average molecular weight is 383 g/mol. The summed E-state index contributed by atoms with van der Waals surface area (Å²) in [6, 6.07) is 0. The van der Waals surface area contributed by atoms with Crippen LogP contribution in [0, 0.1) is 3.70 Å². The van der Waals surface area contributed by atoms with E-state index in [4.69, 9.17) is 0 Å². The molecule has 0 fully saturated rings. The number of hydrogen-bond acceptors (Lipinski definition) is 1. The molecule has 7 heteroatoms. The molecule has 0 amide bonds. The summed E-state index contributed by atoms with van der Waals surface area (Å²) in [7, 11) is 0. The highest BCUT2D eigenvalue weighted by atomic mass is 127. The van der Waals surface area contributed by atoms with Gasteiger partial charge in [-0.3, -0.25) is 4.68 Å². The van der Waals surface area contributed by atoms with Gasteiger partial charge in [0.05, 0.1) is 4.47 Å². The average Bonchev–Trinajstić information content (AvgIpc) is 2.28. The van der Waals surface area contributed by atoms with Crippen molar-refractivity contribution in [2.45, 2.75) is 25.6 Å². The second-order valence-electron chi connectivity index (χ2n) is 2.75. The van der Waals surface area contributed by atoms with Crippen molar-refractivity contribution in [2.24, 2.45) is 0 Å². The van der Waals surface area contributed by atoms with Gasteiger partial charge in [-0.2, -0.15) is 18.3 Å². The summed E-state index contributed by atoms with van der Waals surface area (Å²) < 4.78 is 38.5. The first-order valence-corrected chi connectivity index (χ1v) is 5.71. The molecule has 0 saturated heterocycles. The molecule has 0 aliphatic carbocycles. The van der Waals surface area contributed by atoms with Crippen LogP contribution in [0.1, 0.15) is 12.8 Å². The minimum Gasteiger partial charge on any atom is -0.271 e. The zero-order valence-corrected chi connectivity index (χ0v) is 10.7. The number of aryl methyl sites for hydroxylation is 1. The maximum Gasteiger partial charge on any atom is 0.389 e. The van der Waals surface area contributed by atoms with Crippen LogP contribution >= 0.6 is 38.5 Å². The minimum atomic E-state index is -4.07. The van der Waals surface area contributed by atoms with Crippen molar-refractivity contribution in [3.63, 3.8) is 0 Å². The van der Waals surface area contributed by atoms with E-state index in [2.05, 4.69) is 21.0 Å². The third-order valence-electron chi connectivity index (χ3n) is 1.52. The molecule has 0 saturated carbocycles. The van der Waals surface area contributed by atoms with Crippen molar-refractivity contribution in [3.05, 3.63) is 14.4 Å². The molecule has 14 heavy (non-hydrogen) atoms. The van der Waals surface area contributed by atoms with Crippen LogP contribution in [-0.4, -0.2) is 16.0 Å². The van der Waals surface area contributed by atoms with Crippen LogP contribution in [0.2, 0.25) is 0 Å². The van der Waals surface area contributed by atoms with E-state index in [0.717, 1.165) is 8.17 Å². The second kappa shape index (κ2) is 4.82. The minimum absolute atomic E-state index is 0.0632. The van der Waals surface area contributed by atoms with E-state index in [-0.39, 0.29) is 6.42 Å². The normalized spacial score (nSPS) is 12.1. The van der Waals surface area contributed by atoms with Crippen molar-refractivity contribution >= 4 is 38.5 Å². The number of rotatable bonds is 3. The molecule has 80 valence electrons. The quantitative estimate of drug-likeness (QED) is 0.730. The SMILES string of the molecule is FC(F)(F)CCCn1cc(Br)c(I)n1. The Morgan fingerprint density at radius 1 is 1.50 bits per heavy atom. The summed E-state index contributed by atoms with van der Waals surface area (Å²) in [6.45, 7) is 0.293. The molecular weight excluding hydrogens is 376 g/mol. The molecule has 0 aliphatic heterocycles. The molecule has 1 rings (SSSR count). The number of halogens is 5. The Morgan fingerprint density at radius 3 is 2.57 bits per heavy atom. The number of hydrogen-bond donors (Lipinski definition) is 0. The van der Waals surface area contributed by atoms with E-state index in [1.807, 2.05) is 22.6 Å². The highest BCUT2D eigenvalue weighted by Crippen LogP contribution is 2.22. The van der Waals surface area contributed by atoms with Crippen molar-refractivity contribution in [2.75, 3.05) is 0 Å². The lowest BCUT2D eigenvalue weighted by Gasteiger charge is -2.05. The van der Waals surface area contributed by atoms with E-state index in [0.29, 0.717) is 6.54 Å². The van der Waals surface area contributed by atoms with Gasteiger partial charge in [0.2, 0.25) is 0 Å². The van der Waals surface area contributed by atoms with E-state index < -0.39 is 12.6 Å². The standard InChI is InChI=1S/C7H7BrF3IN2/c8-5-4-14(13-6(5)12)3-1-2-7(9,10)11/h4H,1-3H2. The Kier molecular flexibility index (Phi) is 4.23. The molecule has 0 aliphatic rings. The van der Waals surface area contributed by atoms with Crippen LogP contribution in [0.4, 0.5) is 13.2 Å². The maximum absolute atomic E-state index is 11.8. The van der Waals surface area contributed by atoms with E-state index >= 15 is 0 Å². The summed E-state index contributed by atoms with van der Waals surface area (Å²) >= 11 is 5.25. The summed E-state index contributed by atoms with van der Waals surface area (Å²) in [5.41, 5.74) is 0. The van der Waals surface area contributed by atoms with E-state index in [1.54, 1.807) is 6.20 Å². The van der Waals surface area contributed by atoms with E-state index in [9.17, 15) is 13.2 Å². The molecule has 0 radical (unpaired) electrons. The molecule has 1 heterocycles. The number of alkyl halides is 3. The Morgan fingerprint density at radius 2 is 2.14 bits per heavy atom. The molecule has 0 aromatic carbocycles. The molecule has 0 spiro atoms. The zero-order chi connectivity index (χ0) is 10.8. The van der Waals surface area contributed by atoms with Gasteiger partial charge in [0, 0.05) is 19.2 Å². The molecule has 2 nitrogen and oxygen atoms in total. The fourth-order valence-electron chi connectivity index (χ4n) is 0.930. The predicted octanol–water partition coefficient (Wildman–Crippen LogP) is 3.59. The fourth-order valence-corrected chi connectivity index (χ4v) is 1.66. The maximum atomic E-state index is 11.8. The first-order valence-electron chi connectivity index (χ1n) is 3.84. The lowest BCUT2D eigenvalue weighted by Crippen LogP contribution is -2.09. The Balaban J connectivity index is 2.39. The van der Waals surface area contributed by atoms with Gasteiger partial charge in [0.15, 0.2) is 0 Å². The Labute approximate surface area is 101 Å². The van der Waals surface area contributed by atoms with Gasteiger partial charge in [0.25, 0.3) is 0 Å². The highest BCUT2D eigenvalue weighted by Gasteiger charge is 2.26. The Hall–Kier alpha value is 0.210. The summed E-state index contributed by atoms with van der Waals surface area (Å²) in [5, 5.41) is 4.02. The largest absolute Gasteiger partial charge is 0.389 e. The topological polar surface area (TPSA) is 17.8 Å². The smallest absolute Gasteiger partial charge is 0.271 e. The van der Waals surface area contributed by atoms with Gasteiger partial charge >= 0.3 is 6.18 Å². The highest BCUT2D eigenvalue weighted by molar-refractivity contribution is 14.1. The number of nitrogens with zero attached hydrogens (tertiary/aromatic N) is 2. The van der Waals surface area contributed by atoms with Crippen molar-refractivity contribution in [3.8, 4) is 0 Å². The lowest BCUT2D eigenvalue weighted by molar-refractivity contribution is -0.136. The summed E-state index contributed by atoms with van der Waals surface area (Å²) in [5.74, 6) is 0. The van der Waals surface area contributed by atoms with Gasteiger partial charge in [-0.25, -0.2) is 0 Å². The van der Waals surface area contributed by atoms with Gasteiger partial charge in [-0.15, -0.1) is 0 Å². The number of aromatic nitrogens is 2. The van der Waals surface area contributed by atoms with Gasteiger partial charge < -0.3 is 0 Å². The fraction of sp³-hybridized carbons (Fsp3) is 0.571. The van der Waals surface area contributed by atoms with E-state index in [1.165, 1.54) is 4.68 Å². The van der Waals surface area contributed by atoms with Gasteiger partial charge in [-0.1, -0.05) is 0 Å². The monoisotopic (exact) mass is 382 g/mol. The molecule has 0 bridgehead atoms. The molecule has 1 aromatic rings. The van der Waals surface area contributed by atoms with Crippen LogP contribution in [-0.2, 0) is 6.54 Å². The molecule has 0 unspecified atom stereocenters. The molecule has 0 atom stereocenters. The lowest BCUT2D eigenvalue weighted by atomic mass is 10.3. The molecular formula is C7H7BrF3IN2. The third-order valence-corrected chi connectivity index (χ3v) is 3.64. The van der Waals surface area contributed by atoms with Crippen molar-refractivity contribution < 1.29 is 13.2 Å². The second-order valence-corrected chi connectivity index (χ2v) is 4.63. The summed E-state index contributed by atoms with van der Waals surface area (Å²) in [6.07, 6.45) is -3.09. The first-order chi connectivity index (χ1) is 6.38. The van der Waals surface area contributed by atoms with Gasteiger partial charge in [-0.05, 0) is 44.9 Å². The summed E-state index contributed by atoms with van der Waals surface area (Å²) in [4.78, 5) is 0. The predicted molar refractivity (Wildman–Crippen MR) is 57.9 cm³/mol. The first kappa shape index (κ1) is 12.3. The Bertz CT molecular complexity index is 291. The molecule has 1 aromatic heterocycles. The van der Waals surface area contributed by atoms with Crippen molar-refractivity contribution in [1.29, 1.82) is 0 Å². The van der Waals surface area contributed by atoms with Crippen LogP contribution in [0.15, 0.2) is 10.7 Å². The van der Waals surface area contributed by atoms with Crippen LogP contribution < -0.4 is 0 Å². The van der Waals surface area contributed by atoms with Crippen molar-refractivity contribution in [1.82, 2.24) is 9.78 Å². The van der Waals surface area contributed by atoms with Gasteiger partial charge in [0.1, 0.15) is 3.70 Å². The van der Waals surface area contributed by atoms with Crippen LogP contribution in [0.25, 0.3) is 0 Å².